The standard InChI is InChI=1S/C24H24N4O3S2/c29-24(25-12-5-13-27-17-26-20-8-3-4-9-21(20)27)23-22(11-15-32-23)33(30,31)28-14-10-18-6-1-2-7-19(18)16-28/h1-4,6-9,11,15,17H,5,10,12-14,16H2,(H,25,29). The zero-order chi connectivity index (χ0) is 22.8. The minimum atomic E-state index is -3.76. The van der Waals surface area contributed by atoms with Gasteiger partial charge in [0, 0.05) is 26.2 Å². The molecule has 3 heterocycles. The Bertz CT molecular complexity index is 1410. The van der Waals surface area contributed by atoms with Crippen LogP contribution in [0.5, 0.6) is 0 Å². The fraction of sp³-hybridized carbons (Fsp3) is 0.250. The summed E-state index contributed by atoms with van der Waals surface area (Å²) in [4.78, 5) is 17.5. The molecule has 33 heavy (non-hydrogen) atoms. The van der Waals surface area contributed by atoms with Crippen LogP contribution in [0.25, 0.3) is 11.0 Å². The topological polar surface area (TPSA) is 84.3 Å². The van der Waals surface area contributed by atoms with E-state index in [2.05, 4.69) is 14.9 Å². The summed E-state index contributed by atoms with van der Waals surface area (Å²) in [6, 6.07) is 17.3. The van der Waals surface area contributed by atoms with Gasteiger partial charge in [0.1, 0.15) is 9.77 Å². The summed E-state index contributed by atoms with van der Waals surface area (Å²) >= 11 is 1.16. The number of rotatable bonds is 7. The maximum atomic E-state index is 13.3. The highest BCUT2D eigenvalue weighted by atomic mass is 32.2. The number of fused-ring (bicyclic) bond motifs is 2. The van der Waals surface area contributed by atoms with Crippen molar-refractivity contribution in [2.45, 2.75) is 30.8 Å². The van der Waals surface area contributed by atoms with Gasteiger partial charge in [-0.2, -0.15) is 4.31 Å². The van der Waals surface area contributed by atoms with Gasteiger partial charge in [0.05, 0.1) is 17.4 Å². The van der Waals surface area contributed by atoms with E-state index in [1.807, 2.05) is 48.5 Å². The maximum Gasteiger partial charge on any atom is 0.262 e. The lowest BCUT2D eigenvalue weighted by Gasteiger charge is -2.28. The van der Waals surface area contributed by atoms with Crippen LogP contribution in [-0.4, -0.2) is 41.3 Å². The second-order valence-electron chi connectivity index (χ2n) is 8.01. The van der Waals surface area contributed by atoms with Crippen molar-refractivity contribution in [3.05, 3.63) is 82.3 Å². The highest BCUT2D eigenvalue weighted by molar-refractivity contribution is 7.89. The van der Waals surface area contributed by atoms with Gasteiger partial charge in [0.25, 0.3) is 5.91 Å². The Hall–Kier alpha value is -3.01. The number of para-hydroxylation sites is 2. The lowest BCUT2D eigenvalue weighted by atomic mass is 10.0. The maximum absolute atomic E-state index is 13.3. The molecule has 1 N–H and O–H groups in total. The second-order valence-corrected chi connectivity index (χ2v) is 10.8. The number of aromatic nitrogens is 2. The fourth-order valence-electron chi connectivity index (χ4n) is 4.20. The first-order valence-electron chi connectivity index (χ1n) is 10.9. The summed E-state index contributed by atoms with van der Waals surface area (Å²) in [6.07, 6.45) is 3.18. The number of carbonyl (C=O) groups is 1. The first-order valence-corrected chi connectivity index (χ1v) is 13.2. The molecule has 1 aliphatic heterocycles. The summed E-state index contributed by atoms with van der Waals surface area (Å²) in [5, 5.41) is 4.55. The normalized spacial score (nSPS) is 14.3. The van der Waals surface area contributed by atoms with E-state index in [0.29, 0.717) is 39.0 Å². The van der Waals surface area contributed by atoms with Crippen molar-refractivity contribution in [1.82, 2.24) is 19.2 Å². The molecule has 0 fully saturated rings. The molecule has 1 aliphatic rings. The zero-order valence-electron chi connectivity index (χ0n) is 18.0. The lowest BCUT2D eigenvalue weighted by Crippen LogP contribution is -2.37. The number of nitrogens with zero attached hydrogens (tertiary/aromatic N) is 3. The van der Waals surface area contributed by atoms with Crippen molar-refractivity contribution < 1.29 is 13.2 Å². The number of sulfonamides is 1. The number of hydrogen-bond acceptors (Lipinski definition) is 5. The molecule has 2 aromatic heterocycles. The smallest absolute Gasteiger partial charge is 0.262 e. The van der Waals surface area contributed by atoms with Gasteiger partial charge in [-0.3, -0.25) is 4.79 Å². The number of aryl methyl sites for hydroxylation is 1. The van der Waals surface area contributed by atoms with Crippen molar-refractivity contribution in [2.75, 3.05) is 13.1 Å². The first kappa shape index (κ1) is 21.8. The van der Waals surface area contributed by atoms with Gasteiger partial charge in [-0.15, -0.1) is 11.3 Å². The molecule has 1 amide bonds. The van der Waals surface area contributed by atoms with E-state index in [1.54, 1.807) is 11.7 Å². The van der Waals surface area contributed by atoms with Gasteiger partial charge in [-0.05, 0) is 47.5 Å². The molecule has 0 atom stereocenters. The van der Waals surface area contributed by atoms with Gasteiger partial charge in [0.15, 0.2) is 0 Å². The summed E-state index contributed by atoms with van der Waals surface area (Å²) in [5.41, 5.74) is 4.19. The number of thiophene rings is 1. The number of carbonyl (C=O) groups excluding carboxylic acids is 1. The predicted molar refractivity (Wildman–Crippen MR) is 129 cm³/mol. The molecule has 5 rings (SSSR count). The highest BCUT2D eigenvalue weighted by Crippen LogP contribution is 2.29. The largest absolute Gasteiger partial charge is 0.351 e. The monoisotopic (exact) mass is 480 g/mol. The molecule has 0 spiro atoms. The molecule has 0 saturated carbocycles. The molecule has 9 heteroatoms. The third-order valence-corrected chi connectivity index (χ3v) is 8.87. The average molecular weight is 481 g/mol. The summed E-state index contributed by atoms with van der Waals surface area (Å²) < 4.78 is 30.2. The van der Waals surface area contributed by atoms with Crippen molar-refractivity contribution in [3.8, 4) is 0 Å². The number of hydrogen-bond donors (Lipinski definition) is 1. The Morgan fingerprint density at radius 1 is 1.06 bits per heavy atom. The fourth-order valence-corrected chi connectivity index (χ4v) is 6.94. The Labute approximate surface area is 196 Å². The van der Waals surface area contributed by atoms with Crippen LogP contribution in [-0.2, 0) is 29.5 Å². The Balaban J connectivity index is 1.23. The van der Waals surface area contributed by atoms with Crippen molar-refractivity contribution in [3.63, 3.8) is 0 Å². The first-order chi connectivity index (χ1) is 16.0. The molecule has 0 bridgehead atoms. The molecule has 4 aromatic rings. The van der Waals surface area contributed by atoms with E-state index in [4.69, 9.17) is 0 Å². The number of imidazole rings is 1. The number of amides is 1. The van der Waals surface area contributed by atoms with E-state index < -0.39 is 10.0 Å². The van der Waals surface area contributed by atoms with Crippen molar-refractivity contribution in [1.29, 1.82) is 0 Å². The molecule has 0 saturated heterocycles. The highest BCUT2D eigenvalue weighted by Gasteiger charge is 2.32. The van der Waals surface area contributed by atoms with Crippen LogP contribution in [0.1, 0.15) is 27.2 Å². The molecule has 170 valence electrons. The van der Waals surface area contributed by atoms with Crippen LogP contribution in [0.3, 0.4) is 0 Å². The predicted octanol–water partition coefficient (Wildman–Crippen LogP) is 3.66. The van der Waals surface area contributed by atoms with E-state index in [9.17, 15) is 13.2 Å². The molecule has 0 aliphatic carbocycles. The molecule has 2 aromatic carbocycles. The lowest BCUT2D eigenvalue weighted by molar-refractivity contribution is 0.0953. The van der Waals surface area contributed by atoms with Gasteiger partial charge >= 0.3 is 0 Å². The van der Waals surface area contributed by atoms with Crippen molar-refractivity contribution >= 4 is 38.3 Å². The van der Waals surface area contributed by atoms with E-state index in [0.717, 1.165) is 27.9 Å². The van der Waals surface area contributed by atoms with Crippen molar-refractivity contribution in [2.24, 2.45) is 0 Å². The van der Waals surface area contributed by atoms with Gasteiger partial charge < -0.3 is 9.88 Å². The third-order valence-electron chi connectivity index (χ3n) is 5.94. The van der Waals surface area contributed by atoms with Crippen LogP contribution in [0.2, 0.25) is 0 Å². The van der Waals surface area contributed by atoms with Gasteiger partial charge in [-0.25, -0.2) is 13.4 Å². The average Bonchev–Trinajstić information content (AvgIpc) is 3.49. The summed E-state index contributed by atoms with van der Waals surface area (Å²) in [5.74, 6) is -0.350. The molecule has 0 unspecified atom stereocenters. The SMILES string of the molecule is O=C(NCCCn1cnc2ccccc21)c1sccc1S(=O)(=O)N1CCc2ccccc2C1. The molecule has 0 radical (unpaired) electrons. The molecular weight excluding hydrogens is 456 g/mol. The van der Waals surface area contributed by atoms with Crippen LogP contribution < -0.4 is 5.32 Å². The van der Waals surface area contributed by atoms with Gasteiger partial charge in [-0.1, -0.05) is 36.4 Å². The van der Waals surface area contributed by atoms with E-state index >= 15 is 0 Å². The van der Waals surface area contributed by atoms with E-state index in [-0.39, 0.29) is 15.7 Å². The Kier molecular flexibility index (Phi) is 6.01. The van der Waals surface area contributed by atoms with Crippen LogP contribution in [0.4, 0.5) is 0 Å². The minimum absolute atomic E-state index is 0.0879. The minimum Gasteiger partial charge on any atom is -0.351 e. The van der Waals surface area contributed by atoms with Crippen LogP contribution >= 0.6 is 11.3 Å². The van der Waals surface area contributed by atoms with Crippen LogP contribution in [0, 0.1) is 0 Å². The summed E-state index contributed by atoms with van der Waals surface area (Å²) in [7, 11) is -3.76. The molecular formula is C24H24N4O3S2. The quantitative estimate of drug-likeness (QED) is 0.409. The van der Waals surface area contributed by atoms with Crippen LogP contribution in [0.15, 0.2) is 71.2 Å². The summed E-state index contributed by atoms with van der Waals surface area (Å²) in [6.45, 7) is 1.90. The number of benzene rings is 2. The number of nitrogens with one attached hydrogen (secondary N) is 1. The second kappa shape index (κ2) is 9.09. The zero-order valence-corrected chi connectivity index (χ0v) is 19.6. The molecule has 7 nitrogen and oxygen atoms in total. The Morgan fingerprint density at radius 3 is 2.73 bits per heavy atom. The Morgan fingerprint density at radius 2 is 1.85 bits per heavy atom. The van der Waals surface area contributed by atoms with E-state index in [1.165, 1.54) is 15.9 Å². The van der Waals surface area contributed by atoms with Gasteiger partial charge in [0.2, 0.25) is 10.0 Å². The third kappa shape index (κ3) is 4.31.